The van der Waals surface area contributed by atoms with E-state index < -0.39 is 48.4 Å². The average Bonchev–Trinajstić information content (AvgIpc) is 3.64. The van der Waals surface area contributed by atoms with Crippen molar-refractivity contribution in [3.8, 4) is 17.6 Å². The molecule has 0 spiro atoms. The number of ether oxygens (including phenoxy) is 5. The number of nitrogens with one attached hydrogen (secondary N) is 2. The van der Waals surface area contributed by atoms with Gasteiger partial charge in [0.15, 0.2) is 17.6 Å². The molecular formula is C22H18ClF2N5O8. The summed E-state index contributed by atoms with van der Waals surface area (Å²) in [5.74, 6) is -2.82. The fourth-order valence-electron chi connectivity index (χ4n) is 4.14. The van der Waals surface area contributed by atoms with Gasteiger partial charge in [0.1, 0.15) is 53.9 Å². The van der Waals surface area contributed by atoms with Crippen molar-refractivity contribution in [3.63, 3.8) is 0 Å². The number of benzene rings is 1. The molecular weight excluding hydrogens is 536 g/mol. The van der Waals surface area contributed by atoms with Gasteiger partial charge in [0.05, 0.1) is 24.3 Å². The van der Waals surface area contributed by atoms with Crippen LogP contribution in [0.4, 0.5) is 8.78 Å². The first kappa shape index (κ1) is 24.5. The molecule has 0 aliphatic carbocycles. The summed E-state index contributed by atoms with van der Waals surface area (Å²) in [6.07, 6.45) is -2.09. The fourth-order valence-corrected chi connectivity index (χ4v) is 4.35. The quantitative estimate of drug-likeness (QED) is 0.290. The SMILES string of the molecule is O=c1[nH]c(COc2cc(F)c(COc3nc4nc(O[C@@H]5COC6C5OC[C@H]6O)[nH]c4cc3Cl)c(F)c2)no1. The van der Waals surface area contributed by atoms with E-state index in [9.17, 15) is 18.7 Å². The summed E-state index contributed by atoms with van der Waals surface area (Å²) in [7, 11) is 0. The monoisotopic (exact) mass is 553 g/mol. The zero-order chi connectivity index (χ0) is 26.4. The predicted octanol–water partition coefficient (Wildman–Crippen LogP) is 1.63. The zero-order valence-corrected chi connectivity index (χ0v) is 19.9. The summed E-state index contributed by atoms with van der Waals surface area (Å²) in [5.41, 5.74) is 0.246. The van der Waals surface area contributed by atoms with Gasteiger partial charge < -0.3 is 33.8 Å². The number of fused-ring (bicyclic) bond motifs is 2. The predicted molar refractivity (Wildman–Crippen MR) is 121 cm³/mol. The van der Waals surface area contributed by atoms with Gasteiger partial charge in [0.25, 0.3) is 6.01 Å². The van der Waals surface area contributed by atoms with Crippen LogP contribution >= 0.6 is 11.6 Å². The van der Waals surface area contributed by atoms with Crippen molar-refractivity contribution in [2.75, 3.05) is 13.2 Å². The van der Waals surface area contributed by atoms with Crippen LogP contribution in [0.25, 0.3) is 11.2 Å². The number of aliphatic hydroxyl groups excluding tert-OH is 1. The van der Waals surface area contributed by atoms with Crippen molar-refractivity contribution < 1.29 is 42.1 Å². The van der Waals surface area contributed by atoms with E-state index in [4.69, 9.17) is 35.3 Å². The van der Waals surface area contributed by atoms with E-state index >= 15 is 0 Å². The maximum atomic E-state index is 14.6. The number of aromatic nitrogens is 5. The Balaban J connectivity index is 1.13. The van der Waals surface area contributed by atoms with Gasteiger partial charge in [-0.05, 0) is 6.07 Å². The molecule has 0 saturated carbocycles. The number of aliphatic hydroxyl groups is 1. The van der Waals surface area contributed by atoms with Gasteiger partial charge in [0, 0.05) is 12.1 Å². The Morgan fingerprint density at radius 1 is 1.05 bits per heavy atom. The zero-order valence-electron chi connectivity index (χ0n) is 19.2. The Hall–Kier alpha value is -3.79. The lowest BCUT2D eigenvalue weighted by Gasteiger charge is -2.15. The van der Waals surface area contributed by atoms with E-state index in [2.05, 4.69) is 29.6 Å². The molecule has 2 saturated heterocycles. The molecule has 3 N–H and O–H groups in total. The third kappa shape index (κ3) is 4.76. The van der Waals surface area contributed by atoms with Crippen LogP contribution in [0.5, 0.6) is 17.6 Å². The minimum absolute atomic E-state index is 0.0534. The van der Waals surface area contributed by atoms with E-state index in [1.165, 1.54) is 6.07 Å². The summed E-state index contributed by atoms with van der Waals surface area (Å²) < 4.78 is 61.1. The van der Waals surface area contributed by atoms with Crippen molar-refractivity contribution >= 4 is 22.8 Å². The van der Waals surface area contributed by atoms with Gasteiger partial charge in [-0.2, -0.15) is 9.97 Å². The number of hydrogen-bond donors (Lipinski definition) is 3. The summed E-state index contributed by atoms with van der Waals surface area (Å²) >= 11 is 6.25. The van der Waals surface area contributed by atoms with Crippen LogP contribution < -0.4 is 20.0 Å². The topological polar surface area (TPSA) is 167 Å². The van der Waals surface area contributed by atoms with E-state index in [0.717, 1.165) is 12.1 Å². The molecule has 2 aliphatic rings. The van der Waals surface area contributed by atoms with Crippen LogP contribution in [0.1, 0.15) is 11.4 Å². The standard InChI is InChI=1S/C22H18ClF2N5O8/c23-10-3-13-19(29-21(26-13)37-15-6-35-17-14(31)5-34-18(15)17)28-20(10)36-4-9-11(24)1-8(2-12(9)25)33-7-16-27-22(32)38-30-16/h1-3,14-15,17-18,31H,4-7H2,(H,26,28,29)(H,27,30,32)/t14-,15-,17?,18?/m1/s1. The third-order valence-corrected chi connectivity index (χ3v) is 6.22. The first-order valence-corrected chi connectivity index (χ1v) is 11.6. The molecule has 2 aliphatic heterocycles. The normalized spacial score (nSPS) is 22.6. The minimum Gasteiger partial charge on any atom is -0.485 e. The Morgan fingerprint density at radius 3 is 2.61 bits per heavy atom. The highest BCUT2D eigenvalue weighted by Crippen LogP contribution is 2.32. The van der Waals surface area contributed by atoms with Crippen LogP contribution in [0.2, 0.25) is 5.02 Å². The van der Waals surface area contributed by atoms with Crippen molar-refractivity contribution in [2.45, 2.75) is 37.6 Å². The van der Waals surface area contributed by atoms with Crippen molar-refractivity contribution in [1.82, 2.24) is 25.1 Å². The average molecular weight is 554 g/mol. The van der Waals surface area contributed by atoms with Crippen LogP contribution in [-0.2, 0) is 22.7 Å². The second kappa shape index (κ2) is 9.83. The lowest BCUT2D eigenvalue weighted by atomic mass is 10.1. The van der Waals surface area contributed by atoms with Crippen molar-refractivity contribution in [2.24, 2.45) is 0 Å². The molecule has 2 unspecified atom stereocenters. The van der Waals surface area contributed by atoms with Gasteiger partial charge >= 0.3 is 5.76 Å². The fraction of sp³-hybridized carbons (Fsp3) is 0.364. The molecule has 0 radical (unpaired) electrons. The Kier molecular flexibility index (Phi) is 6.35. The summed E-state index contributed by atoms with van der Waals surface area (Å²) in [4.78, 5) is 24.6. The molecule has 0 bridgehead atoms. The lowest BCUT2D eigenvalue weighted by molar-refractivity contribution is 0.00706. The molecule has 4 aromatic rings. The van der Waals surface area contributed by atoms with Crippen LogP contribution in [0, 0.1) is 11.6 Å². The largest absolute Gasteiger partial charge is 0.485 e. The van der Waals surface area contributed by atoms with Crippen LogP contribution in [-0.4, -0.2) is 67.8 Å². The molecule has 200 valence electrons. The van der Waals surface area contributed by atoms with E-state index in [-0.39, 0.29) is 59.5 Å². The lowest BCUT2D eigenvalue weighted by Crippen LogP contribution is -2.34. The second-order valence-electron chi connectivity index (χ2n) is 8.49. The number of H-pyrrole nitrogens is 2. The summed E-state index contributed by atoms with van der Waals surface area (Å²) in [6.45, 7) is -0.413. The molecule has 5 heterocycles. The maximum absolute atomic E-state index is 14.6. The van der Waals surface area contributed by atoms with E-state index in [1.807, 2.05) is 0 Å². The first-order chi connectivity index (χ1) is 18.3. The highest BCUT2D eigenvalue weighted by molar-refractivity contribution is 6.32. The molecule has 6 rings (SSSR count). The molecule has 13 nitrogen and oxygen atoms in total. The smallest absolute Gasteiger partial charge is 0.439 e. The van der Waals surface area contributed by atoms with Crippen molar-refractivity contribution in [3.05, 3.63) is 56.8 Å². The molecule has 4 atom stereocenters. The molecule has 0 amide bonds. The van der Waals surface area contributed by atoms with E-state index in [1.54, 1.807) is 0 Å². The molecule has 1 aromatic carbocycles. The third-order valence-electron chi connectivity index (χ3n) is 5.95. The Bertz CT molecular complexity index is 1520. The highest BCUT2D eigenvalue weighted by atomic mass is 35.5. The number of aromatic amines is 2. The van der Waals surface area contributed by atoms with E-state index in [0.29, 0.717) is 5.52 Å². The molecule has 16 heteroatoms. The van der Waals surface area contributed by atoms with Crippen LogP contribution in [0.15, 0.2) is 27.5 Å². The second-order valence-corrected chi connectivity index (χ2v) is 8.90. The first-order valence-electron chi connectivity index (χ1n) is 11.3. The van der Waals surface area contributed by atoms with Gasteiger partial charge in [-0.25, -0.2) is 13.6 Å². The number of pyridine rings is 1. The number of nitrogens with zero attached hydrogens (tertiary/aromatic N) is 3. The number of halogens is 3. The van der Waals surface area contributed by atoms with Gasteiger partial charge in [-0.1, -0.05) is 16.8 Å². The van der Waals surface area contributed by atoms with Gasteiger partial charge in [-0.3, -0.25) is 9.51 Å². The minimum atomic E-state index is -0.933. The van der Waals surface area contributed by atoms with Crippen molar-refractivity contribution in [1.29, 1.82) is 0 Å². The Morgan fingerprint density at radius 2 is 1.84 bits per heavy atom. The summed E-state index contributed by atoms with van der Waals surface area (Å²) in [5, 5.41) is 13.3. The Labute approximate surface area is 215 Å². The van der Waals surface area contributed by atoms with Gasteiger partial charge in [-0.15, -0.1) is 0 Å². The maximum Gasteiger partial charge on any atom is 0.439 e. The number of imidazole rings is 1. The molecule has 38 heavy (non-hydrogen) atoms. The van der Waals surface area contributed by atoms with Crippen LogP contribution in [0.3, 0.4) is 0 Å². The number of hydrogen-bond acceptors (Lipinski definition) is 11. The highest BCUT2D eigenvalue weighted by Gasteiger charge is 2.48. The van der Waals surface area contributed by atoms with Gasteiger partial charge in [0.2, 0.25) is 5.88 Å². The molecule has 3 aromatic heterocycles. The number of rotatable bonds is 8. The summed E-state index contributed by atoms with van der Waals surface area (Å²) in [6, 6.07) is 3.53. The molecule has 2 fully saturated rings.